The van der Waals surface area contributed by atoms with Crippen LogP contribution >= 0.6 is 0 Å². The van der Waals surface area contributed by atoms with Gasteiger partial charge in [-0.1, -0.05) is 0 Å². The third-order valence-corrected chi connectivity index (χ3v) is 1.73. The van der Waals surface area contributed by atoms with Crippen LogP contribution < -0.4 is 5.73 Å². The Labute approximate surface area is 62.5 Å². The molecule has 0 unspecified atom stereocenters. The van der Waals surface area contributed by atoms with Crippen molar-refractivity contribution in [2.24, 2.45) is 5.73 Å². The minimum atomic E-state index is -4.51. The molecule has 1 aliphatic carbocycles. The quantitative estimate of drug-likeness (QED) is 0.644. The lowest BCUT2D eigenvalue weighted by atomic mass is 10.3. The largest absolute Gasteiger partial charge is 0.522 e. The minimum Gasteiger partial charge on any atom is -0.328 e. The van der Waals surface area contributed by atoms with Crippen molar-refractivity contribution in [2.45, 2.75) is 37.8 Å². The lowest BCUT2D eigenvalue weighted by molar-refractivity contribution is -0.341. The second kappa shape index (κ2) is 2.98. The summed E-state index contributed by atoms with van der Waals surface area (Å²) in [7, 11) is 0. The molecule has 1 fully saturated rings. The number of hydrogen-bond donors (Lipinski definition) is 1. The van der Waals surface area contributed by atoms with Crippen LogP contribution in [0.5, 0.6) is 0 Å². The van der Waals surface area contributed by atoms with Gasteiger partial charge in [0, 0.05) is 6.04 Å². The standard InChI is InChI=1S/C6H10F3NO/c7-6(8,9)11-5-2-1-4(10)3-5/h4-5H,1-3,10H2/t4-,5-/m0/s1. The van der Waals surface area contributed by atoms with Crippen molar-refractivity contribution in [1.82, 2.24) is 0 Å². The van der Waals surface area contributed by atoms with E-state index in [2.05, 4.69) is 4.74 Å². The number of halogens is 3. The second-order valence-corrected chi connectivity index (χ2v) is 2.76. The fourth-order valence-electron chi connectivity index (χ4n) is 1.27. The Morgan fingerprint density at radius 3 is 2.27 bits per heavy atom. The normalized spacial score (nSPS) is 32.7. The molecule has 1 aliphatic rings. The Kier molecular flexibility index (Phi) is 2.39. The molecule has 2 N–H and O–H groups in total. The molecular weight excluding hydrogens is 159 g/mol. The van der Waals surface area contributed by atoms with Gasteiger partial charge in [-0.25, -0.2) is 0 Å². The summed E-state index contributed by atoms with van der Waals surface area (Å²) < 4.78 is 38.5. The van der Waals surface area contributed by atoms with Crippen molar-refractivity contribution >= 4 is 0 Å². The third kappa shape index (κ3) is 3.07. The van der Waals surface area contributed by atoms with Crippen LogP contribution in [0.4, 0.5) is 13.2 Å². The van der Waals surface area contributed by atoms with E-state index in [4.69, 9.17) is 5.73 Å². The number of hydrogen-bond acceptors (Lipinski definition) is 2. The molecule has 0 heterocycles. The summed E-state index contributed by atoms with van der Waals surface area (Å²) in [5.74, 6) is 0. The first-order chi connectivity index (χ1) is 4.97. The van der Waals surface area contributed by atoms with Gasteiger partial charge >= 0.3 is 6.36 Å². The van der Waals surface area contributed by atoms with E-state index >= 15 is 0 Å². The molecule has 0 bridgehead atoms. The second-order valence-electron chi connectivity index (χ2n) is 2.76. The van der Waals surface area contributed by atoms with E-state index in [0.29, 0.717) is 19.3 Å². The van der Waals surface area contributed by atoms with Crippen LogP contribution in [0.15, 0.2) is 0 Å². The number of rotatable bonds is 1. The highest BCUT2D eigenvalue weighted by atomic mass is 19.4. The molecule has 5 heteroatoms. The van der Waals surface area contributed by atoms with Gasteiger partial charge in [0.25, 0.3) is 0 Å². The van der Waals surface area contributed by atoms with Gasteiger partial charge in [-0.15, -0.1) is 13.2 Å². The zero-order valence-corrected chi connectivity index (χ0v) is 5.90. The lowest BCUT2D eigenvalue weighted by Gasteiger charge is -2.13. The molecule has 0 radical (unpaired) electrons. The molecule has 1 saturated carbocycles. The van der Waals surface area contributed by atoms with Crippen LogP contribution in [0, 0.1) is 0 Å². The lowest BCUT2D eigenvalue weighted by Crippen LogP contribution is -2.23. The zero-order chi connectivity index (χ0) is 8.48. The third-order valence-electron chi connectivity index (χ3n) is 1.73. The topological polar surface area (TPSA) is 35.2 Å². The van der Waals surface area contributed by atoms with E-state index in [1.165, 1.54) is 0 Å². The zero-order valence-electron chi connectivity index (χ0n) is 5.90. The molecule has 66 valence electrons. The van der Waals surface area contributed by atoms with Crippen molar-refractivity contribution in [2.75, 3.05) is 0 Å². The predicted molar refractivity (Wildman–Crippen MR) is 32.8 cm³/mol. The maximum absolute atomic E-state index is 11.6. The molecule has 0 aromatic carbocycles. The molecule has 2 nitrogen and oxygen atoms in total. The fourth-order valence-corrected chi connectivity index (χ4v) is 1.27. The van der Waals surface area contributed by atoms with Gasteiger partial charge < -0.3 is 5.73 Å². The van der Waals surface area contributed by atoms with E-state index in [1.807, 2.05) is 0 Å². The first kappa shape index (κ1) is 8.80. The summed E-state index contributed by atoms with van der Waals surface area (Å²) in [6.07, 6.45) is -3.86. The summed E-state index contributed by atoms with van der Waals surface area (Å²) >= 11 is 0. The van der Waals surface area contributed by atoms with Gasteiger partial charge in [-0.2, -0.15) is 0 Å². The first-order valence-corrected chi connectivity index (χ1v) is 3.47. The molecular formula is C6H10F3NO. The summed E-state index contributed by atoms with van der Waals surface area (Å²) in [4.78, 5) is 0. The minimum absolute atomic E-state index is 0.123. The Balaban J connectivity index is 2.29. The van der Waals surface area contributed by atoms with Gasteiger partial charge in [0.15, 0.2) is 0 Å². The van der Waals surface area contributed by atoms with E-state index in [9.17, 15) is 13.2 Å². The molecule has 1 rings (SSSR count). The van der Waals surface area contributed by atoms with Crippen LogP contribution in [-0.2, 0) is 4.74 Å². The van der Waals surface area contributed by atoms with Crippen molar-refractivity contribution in [3.8, 4) is 0 Å². The number of nitrogens with two attached hydrogens (primary N) is 1. The molecule has 11 heavy (non-hydrogen) atoms. The van der Waals surface area contributed by atoms with Crippen LogP contribution in [0.25, 0.3) is 0 Å². The summed E-state index contributed by atoms with van der Waals surface area (Å²) in [5.41, 5.74) is 5.40. The Morgan fingerprint density at radius 2 is 1.91 bits per heavy atom. The first-order valence-electron chi connectivity index (χ1n) is 3.47. The van der Waals surface area contributed by atoms with E-state index in [-0.39, 0.29) is 6.04 Å². The highest BCUT2D eigenvalue weighted by molar-refractivity contribution is 4.78. The average molecular weight is 169 g/mol. The highest BCUT2D eigenvalue weighted by Gasteiger charge is 2.36. The maximum Gasteiger partial charge on any atom is 0.522 e. The monoisotopic (exact) mass is 169 g/mol. The van der Waals surface area contributed by atoms with E-state index in [0.717, 1.165) is 0 Å². The van der Waals surface area contributed by atoms with Crippen molar-refractivity contribution < 1.29 is 17.9 Å². The average Bonchev–Trinajstić information content (AvgIpc) is 2.10. The molecule has 0 aliphatic heterocycles. The van der Waals surface area contributed by atoms with Crippen molar-refractivity contribution in [3.05, 3.63) is 0 Å². The Hall–Kier alpha value is -0.290. The Morgan fingerprint density at radius 1 is 1.27 bits per heavy atom. The number of alkyl halides is 3. The summed E-state index contributed by atoms with van der Waals surface area (Å²) in [5, 5.41) is 0. The molecule has 0 spiro atoms. The smallest absolute Gasteiger partial charge is 0.328 e. The van der Waals surface area contributed by atoms with Gasteiger partial charge in [-0.05, 0) is 19.3 Å². The molecule has 0 amide bonds. The summed E-state index contributed by atoms with van der Waals surface area (Å²) in [6, 6.07) is -0.123. The van der Waals surface area contributed by atoms with Gasteiger partial charge in [-0.3, -0.25) is 4.74 Å². The van der Waals surface area contributed by atoms with Gasteiger partial charge in [0.05, 0.1) is 6.10 Å². The van der Waals surface area contributed by atoms with Gasteiger partial charge in [0.2, 0.25) is 0 Å². The van der Waals surface area contributed by atoms with Crippen LogP contribution in [0.1, 0.15) is 19.3 Å². The van der Waals surface area contributed by atoms with E-state index in [1.54, 1.807) is 0 Å². The highest BCUT2D eigenvalue weighted by Crippen LogP contribution is 2.27. The van der Waals surface area contributed by atoms with Crippen LogP contribution in [0.3, 0.4) is 0 Å². The molecule has 0 saturated heterocycles. The van der Waals surface area contributed by atoms with Crippen molar-refractivity contribution in [1.29, 1.82) is 0 Å². The summed E-state index contributed by atoms with van der Waals surface area (Å²) in [6.45, 7) is 0. The SMILES string of the molecule is N[C@H]1CC[C@H](OC(F)(F)F)C1. The molecule has 0 aromatic rings. The molecule has 2 atom stereocenters. The van der Waals surface area contributed by atoms with Gasteiger partial charge in [0.1, 0.15) is 0 Å². The molecule has 0 aromatic heterocycles. The van der Waals surface area contributed by atoms with Crippen LogP contribution in [-0.4, -0.2) is 18.5 Å². The van der Waals surface area contributed by atoms with E-state index < -0.39 is 12.5 Å². The fraction of sp³-hybridized carbons (Fsp3) is 1.00. The maximum atomic E-state index is 11.6. The van der Waals surface area contributed by atoms with Crippen molar-refractivity contribution in [3.63, 3.8) is 0 Å². The number of ether oxygens (including phenoxy) is 1. The van der Waals surface area contributed by atoms with Crippen LogP contribution in [0.2, 0.25) is 0 Å². The predicted octanol–water partition coefficient (Wildman–Crippen LogP) is 1.40. The Bertz CT molecular complexity index is 136.